The molecule has 0 amide bonds. The number of hydrogen-bond acceptors (Lipinski definition) is 2. The number of hydrogen-bond donors (Lipinski definition) is 0. The molecular weight excluding hydrogens is 408 g/mol. The van der Waals surface area contributed by atoms with Gasteiger partial charge >= 0.3 is 0 Å². The second-order valence-electron chi connectivity index (χ2n) is 5.69. The fraction of sp³-hybridized carbons (Fsp3) is 0. The van der Waals surface area contributed by atoms with E-state index in [4.69, 9.17) is 16.6 Å². The van der Waals surface area contributed by atoms with Crippen LogP contribution in [0.15, 0.2) is 96.2 Å². The Balaban J connectivity index is 0.00000196. The van der Waals surface area contributed by atoms with Crippen molar-refractivity contribution in [2.45, 2.75) is 0 Å². The van der Waals surface area contributed by atoms with E-state index in [1.54, 1.807) is 6.20 Å². The Labute approximate surface area is 168 Å². The molecule has 0 N–H and O–H groups in total. The van der Waals surface area contributed by atoms with Crippen molar-refractivity contribution < 1.29 is 0 Å². The molecule has 1 aromatic heterocycles. The zero-order valence-corrected chi connectivity index (χ0v) is 16.3. The molecule has 0 bridgehead atoms. The Morgan fingerprint density at radius 1 is 0.731 bits per heavy atom. The van der Waals surface area contributed by atoms with E-state index < -0.39 is 0 Å². The standard InChI is InChI=1S/C22H15ClN2.BrH/c23-19-13-7-12-18-14-24-15-20(21(18)19)25-22(16-8-3-1-4-9-16)17-10-5-2-6-11-17;/h1-15H;1H. The first-order valence-corrected chi connectivity index (χ1v) is 8.42. The molecule has 0 unspecified atom stereocenters. The van der Waals surface area contributed by atoms with Gasteiger partial charge in [-0.3, -0.25) is 4.98 Å². The van der Waals surface area contributed by atoms with E-state index in [0.29, 0.717) is 5.02 Å². The van der Waals surface area contributed by atoms with Gasteiger partial charge in [0, 0.05) is 28.1 Å². The summed E-state index contributed by atoms with van der Waals surface area (Å²) >= 11 is 6.44. The van der Waals surface area contributed by atoms with Gasteiger partial charge in [0.2, 0.25) is 0 Å². The highest BCUT2D eigenvalue weighted by atomic mass is 79.9. The summed E-state index contributed by atoms with van der Waals surface area (Å²) in [4.78, 5) is 9.29. The lowest BCUT2D eigenvalue weighted by atomic mass is 10.0. The molecule has 26 heavy (non-hydrogen) atoms. The maximum Gasteiger partial charge on any atom is 0.0913 e. The normalized spacial score (nSPS) is 10.2. The molecule has 0 saturated heterocycles. The van der Waals surface area contributed by atoms with Gasteiger partial charge in [0.1, 0.15) is 0 Å². The van der Waals surface area contributed by atoms with Gasteiger partial charge < -0.3 is 0 Å². The average molecular weight is 424 g/mol. The van der Waals surface area contributed by atoms with Gasteiger partial charge in [0.25, 0.3) is 0 Å². The first-order valence-electron chi connectivity index (χ1n) is 8.05. The number of aromatic nitrogens is 1. The number of halogens is 2. The molecule has 0 aliphatic heterocycles. The van der Waals surface area contributed by atoms with E-state index >= 15 is 0 Å². The zero-order chi connectivity index (χ0) is 17.1. The SMILES string of the molecule is Br.Clc1cccc2cncc(N=C(c3ccccc3)c3ccccc3)c12. The van der Waals surface area contributed by atoms with Crippen molar-refractivity contribution in [2.75, 3.05) is 0 Å². The molecule has 1 heterocycles. The Bertz CT molecular complexity index is 1000. The summed E-state index contributed by atoms with van der Waals surface area (Å²) in [5.74, 6) is 0. The van der Waals surface area contributed by atoms with Gasteiger partial charge in [-0.05, 0) is 6.07 Å². The van der Waals surface area contributed by atoms with E-state index in [0.717, 1.165) is 33.3 Å². The minimum atomic E-state index is 0. The van der Waals surface area contributed by atoms with Crippen molar-refractivity contribution in [3.05, 3.63) is 107 Å². The summed E-state index contributed by atoms with van der Waals surface area (Å²) in [6.45, 7) is 0. The minimum Gasteiger partial charge on any atom is -0.262 e. The largest absolute Gasteiger partial charge is 0.262 e. The van der Waals surface area contributed by atoms with E-state index in [2.05, 4.69) is 29.2 Å². The third-order valence-corrected chi connectivity index (χ3v) is 4.35. The lowest BCUT2D eigenvalue weighted by Crippen LogP contribution is -2.02. The molecule has 4 heteroatoms. The van der Waals surface area contributed by atoms with Gasteiger partial charge in [-0.1, -0.05) is 84.4 Å². The molecular formula is C22H16BrClN2. The van der Waals surface area contributed by atoms with Gasteiger partial charge in [0.05, 0.1) is 22.6 Å². The molecule has 3 aromatic carbocycles. The fourth-order valence-corrected chi connectivity index (χ4v) is 3.14. The van der Waals surface area contributed by atoms with E-state index in [1.807, 2.05) is 60.8 Å². The van der Waals surface area contributed by atoms with Crippen LogP contribution in [0.25, 0.3) is 10.8 Å². The number of pyridine rings is 1. The fourth-order valence-electron chi connectivity index (χ4n) is 2.86. The number of rotatable bonds is 3. The summed E-state index contributed by atoms with van der Waals surface area (Å²) in [5, 5.41) is 2.58. The monoisotopic (exact) mass is 422 g/mol. The molecule has 0 fully saturated rings. The van der Waals surface area contributed by atoms with Crippen molar-refractivity contribution in [2.24, 2.45) is 4.99 Å². The number of aliphatic imine (C=N–C) groups is 1. The smallest absolute Gasteiger partial charge is 0.0913 e. The highest BCUT2D eigenvalue weighted by Crippen LogP contribution is 2.32. The topological polar surface area (TPSA) is 25.2 Å². The minimum absolute atomic E-state index is 0. The van der Waals surface area contributed by atoms with Crippen LogP contribution in [0.3, 0.4) is 0 Å². The Hall–Kier alpha value is -2.49. The van der Waals surface area contributed by atoms with Crippen LogP contribution in [-0.2, 0) is 0 Å². The zero-order valence-electron chi connectivity index (χ0n) is 13.8. The Morgan fingerprint density at radius 3 is 1.96 bits per heavy atom. The molecule has 0 aliphatic carbocycles. The maximum atomic E-state index is 6.44. The second-order valence-corrected chi connectivity index (χ2v) is 6.10. The van der Waals surface area contributed by atoms with Gasteiger partial charge in [-0.25, -0.2) is 4.99 Å². The summed E-state index contributed by atoms with van der Waals surface area (Å²) in [7, 11) is 0. The predicted molar refractivity (Wildman–Crippen MR) is 115 cm³/mol. The summed E-state index contributed by atoms with van der Waals surface area (Å²) < 4.78 is 0. The first kappa shape index (κ1) is 18.3. The second kappa shape index (κ2) is 8.26. The highest BCUT2D eigenvalue weighted by Gasteiger charge is 2.10. The molecule has 128 valence electrons. The highest BCUT2D eigenvalue weighted by molar-refractivity contribution is 8.93. The van der Waals surface area contributed by atoms with Crippen LogP contribution in [0.5, 0.6) is 0 Å². The third-order valence-electron chi connectivity index (χ3n) is 4.04. The van der Waals surface area contributed by atoms with Crippen LogP contribution < -0.4 is 0 Å². The Kier molecular flexibility index (Phi) is 5.82. The van der Waals surface area contributed by atoms with Crippen molar-refractivity contribution in [1.29, 1.82) is 0 Å². The van der Waals surface area contributed by atoms with Gasteiger partial charge in [0.15, 0.2) is 0 Å². The average Bonchev–Trinajstić information content (AvgIpc) is 2.68. The molecule has 4 rings (SSSR count). The van der Waals surface area contributed by atoms with Crippen LogP contribution in [0.2, 0.25) is 5.02 Å². The number of nitrogens with zero attached hydrogens (tertiary/aromatic N) is 2. The van der Waals surface area contributed by atoms with Crippen molar-refractivity contribution >= 4 is 50.8 Å². The number of fused-ring (bicyclic) bond motifs is 1. The quantitative estimate of drug-likeness (QED) is 0.339. The van der Waals surface area contributed by atoms with Crippen molar-refractivity contribution in [1.82, 2.24) is 4.98 Å². The lowest BCUT2D eigenvalue weighted by Gasteiger charge is -2.09. The van der Waals surface area contributed by atoms with E-state index in [1.165, 1.54) is 0 Å². The Morgan fingerprint density at radius 2 is 1.35 bits per heavy atom. The van der Waals surface area contributed by atoms with Crippen LogP contribution in [0, 0.1) is 0 Å². The molecule has 0 spiro atoms. The maximum absolute atomic E-state index is 6.44. The molecule has 0 atom stereocenters. The first-order chi connectivity index (χ1) is 12.3. The van der Waals surface area contributed by atoms with Crippen molar-refractivity contribution in [3.63, 3.8) is 0 Å². The molecule has 0 radical (unpaired) electrons. The predicted octanol–water partition coefficient (Wildman–Crippen LogP) is 6.64. The van der Waals surface area contributed by atoms with E-state index in [-0.39, 0.29) is 17.0 Å². The molecule has 0 saturated carbocycles. The number of benzene rings is 3. The summed E-state index contributed by atoms with van der Waals surface area (Å²) in [6, 6.07) is 26.1. The summed E-state index contributed by atoms with van der Waals surface area (Å²) in [6.07, 6.45) is 3.57. The molecule has 0 aliphatic rings. The molecule has 4 aromatic rings. The third kappa shape index (κ3) is 3.69. The van der Waals surface area contributed by atoms with Crippen LogP contribution >= 0.6 is 28.6 Å². The summed E-state index contributed by atoms with van der Waals surface area (Å²) in [5.41, 5.74) is 3.77. The van der Waals surface area contributed by atoms with Crippen LogP contribution in [0.4, 0.5) is 5.69 Å². The van der Waals surface area contributed by atoms with Gasteiger partial charge in [-0.15, -0.1) is 17.0 Å². The van der Waals surface area contributed by atoms with Crippen LogP contribution in [0.1, 0.15) is 11.1 Å². The van der Waals surface area contributed by atoms with Gasteiger partial charge in [-0.2, -0.15) is 0 Å². The van der Waals surface area contributed by atoms with E-state index in [9.17, 15) is 0 Å². The van der Waals surface area contributed by atoms with Crippen LogP contribution in [-0.4, -0.2) is 10.7 Å². The van der Waals surface area contributed by atoms with Crippen molar-refractivity contribution in [3.8, 4) is 0 Å². The lowest BCUT2D eigenvalue weighted by molar-refractivity contribution is 1.34. The molecule has 2 nitrogen and oxygen atoms in total.